The molecule has 0 atom stereocenters. The van der Waals surface area contributed by atoms with E-state index in [0.717, 1.165) is 42.4 Å². The molecule has 1 aliphatic heterocycles. The van der Waals surface area contributed by atoms with E-state index in [9.17, 15) is 10.0 Å². The Bertz CT molecular complexity index is 1240. The molecule has 4 heterocycles. The Morgan fingerprint density at radius 3 is 2.74 bits per heavy atom. The molecule has 1 spiro atoms. The Hall–Kier alpha value is -3.76. The lowest BCUT2D eigenvalue weighted by molar-refractivity contribution is 0.0892. The first-order valence-corrected chi connectivity index (χ1v) is 10.2. The fraction of sp³-hybridized carbons (Fsp3) is 0.400. The first-order valence-electron chi connectivity index (χ1n) is 10.2. The van der Waals surface area contributed by atoms with Gasteiger partial charge in [0, 0.05) is 13.1 Å². The number of carbonyl (C=O) groups is 1. The molecular formula is C20H23N9O2. The fourth-order valence-electron chi connectivity index (χ4n) is 4.50. The minimum atomic E-state index is -0.543. The van der Waals surface area contributed by atoms with Crippen LogP contribution in [0.2, 0.25) is 0 Å². The van der Waals surface area contributed by atoms with E-state index in [2.05, 4.69) is 35.7 Å². The Morgan fingerprint density at radius 1 is 1.19 bits per heavy atom. The number of hydrogen-bond acceptors (Lipinski definition) is 8. The van der Waals surface area contributed by atoms with Crippen LogP contribution < -0.4 is 16.1 Å². The topological polar surface area (TPSA) is 135 Å². The van der Waals surface area contributed by atoms with Crippen molar-refractivity contribution in [1.82, 2.24) is 34.8 Å². The maximum absolute atomic E-state index is 12.7. The van der Waals surface area contributed by atoms with E-state index in [4.69, 9.17) is 0 Å². The highest BCUT2D eigenvalue weighted by atomic mass is 16.5. The number of fused-ring (bicyclic) bond motifs is 2. The summed E-state index contributed by atoms with van der Waals surface area (Å²) in [4.78, 5) is 29.7. The summed E-state index contributed by atoms with van der Waals surface area (Å²) in [5.74, 6) is 1.09. The van der Waals surface area contributed by atoms with Gasteiger partial charge < -0.3 is 15.8 Å². The number of aryl methyl sites for hydroxylation is 2. The average molecular weight is 421 g/mol. The SMILES string of the molecule is Cc1cc(=Nc2cc(Nc3ncn(C)n3)ncn2)n(O)c2c1C(=O)NC21CCCCC1. The molecule has 0 bridgehead atoms. The number of nitrogens with zero attached hydrogens (tertiary/aromatic N) is 7. The first-order chi connectivity index (χ1) is 14.9. The molecule has 5 rings (SSSR count). The van der Waals surface area contributed by atoms with Crippen molar-refractivity contribution in [2.45, 2.75) is 44.6 Å². The average Bonchev–Trinajstić information content (AvgIpc) is 3.27. The van der Waals surface area contributed by atoms with Crippen LogP contribution in [-0.4, -0.2) is 40.6 Å². The van der Waals surface area contributed by atoms with Crippen molar-refractivity contribution < 1.29 is 10.0 Å². The van der Waals surface area contributed by atoms with Gasteiger partial charge in [-0.05, 0) is 31.4 Å². The zero-order valence-corrected chi connectivity index (χ0v) is 17.3. The largest absolute Gasteiger partial charge is 0.427 e. The van der Waals surface area contributed by atoms with Gasteiger partial charge in [-0.1, -0.05) is 19.3 Å². The van der Waals surface area contributed by atoms with Crippen molar-refractivity contribution in [1.29, 1.82) is 0 Å². The standard InChI is InChI=1S/C20H23N9O2/c1-12-8-15(24-13-9-14(22-10-21-13)25-19-23-11-28(2)27-19)29(31)17-16(12)18(30)26-20(17)6-4-3-5-7-20/h8-11,31H,3-7H2,1-2H3,(H,26,30)(H,21,22,25,27). The van der Waals surface area contributed by atoms with Gasteiger partial charge in [-0.15, -0.1) is 5.10 Å². The van der Waals surface area contributed by atoms with E-state index in [0.29, 0.717) is 34.3 Å². The third kappa shape index (κ3) is 3.31. The third-order valence-corrected chi connectivity index (χ3v) is 5.87. The second kappa shape index (κ2) is 7.18. The van der Waals surface area contributed by atoms with Crippen LogP contribution in [0, 0.1) is 6.92 Å². The van der Waals surface area contributed by atoms with Crippen LogP contribution in [0.4, 0.5) is 17.6 Å². The van der Waals surface area contributed by atoms with E-state index >= 15 is 0 Å². The molecule has 1 saturated carbocycles. The van der Waals surface area contributed by atoms with Gasteiger partial charge in [0.1, 0.15) is 18.5 Å². The molecule has 1 amide bonds. The Morgan fingerprint density at radius 2 is 2.00 bits per heavy atom. The molecule has 0 aromatic carbocycles. The van der Waals surface area contributed by atoms with Gasteiger partial charge in [-0.2, -0.15) is 4.73 Å². The summed E-state index contributed by atoms with van der Waals surface area (Å²) in [5.41, 5.74) is 1.66. The van der Waals surface area contributed by atoms with Crippen LogP contribution >= 0.6 is 0 Å². The van der Waals surface area contributed by atoms with E-state index in [-0.39, 0.29) is 5.91 Å². The predicted molar refractivity (Wildman–Crippen MR) is 110 cm³/mol. The lowest BCUT2D eigenvalue weighted by atomic mass is 9.79. The maximum Gasteiger partial charge on any atom is 0.254 e. The molecule has 31 heavy (non-hydrogen) atoms. The number of pyridine rings is 1. The van der Waals surface area contributed by atoms with Crippen molar-refractivity contribution in [2.24, 2.45) is 12.0 Å². The molecular weight excluding hydrogens is 398 g/mol. The second-order valence-corrected chi connectivity index (χ2v) is 8.06. The molecule has 0 saturated heterocycles. The van der Waals surface area contributed by atoms with Crippen LogP contribution in [-0.2, 0) is 12.6 Å². The van der Waals surface area contributed by atoms with Crippen molar-refractivity contribution in [3.8, 4) is 0 Å². The molecule has 2 aliphatic rings. The zero-order chi connectivity index (χ0) is 21.6. The molecule has 0 unspecified atom stereocenters. The molecule has 1 aliphatic carbocycles. The number of carbonyl (C=O) groups excluding carboxylic acids is 1. The molecule has 0 radical (unpaired) electrons. The van der Waals surface area contributed by atoms with E-state index < -0.39 is 5.54 Å². The normalized spacial score (nSPS) is 17.6. The summed E-state index contributed by atoms with van der Waals surface area (Å²) < 4.78 is 2.62. The predicted octanol–water partition coefficient (Wildman–Crippen LogP) is 1.83. The van der Waals surface area contributed by atoms with E-state index in [1.54, 1.807) is 30.2 Å². The van der Waals surface area contributed by atoms with Crippen molar-refractivity contribution in [2.75, 3.05) is 5.32 Å². The van der Waals surface area contributed by atoms with Crippen LogP contribution in [0.15, 0.2) is 29.8 Å². The van der Waals surface area contributed by atoms with Crippen LogP contribution in [0.1, 0.15) is 53.7 Å². The lowest BCUT2D eigenvalue weighted by Crippen LogP contribution is -2.43. The molecule has 1 fully saturated rings. The van der Waals surface area contributed by atoms with Crippen molar-refractivity contribution in [3.63, 3.8) is 0 Å². The summed E-state index contributed by atoms with van der Waals surface area (Å²) in [7, 11) is 1.77. The van der Waals surface area contributed by atoms with Crippen molar-refractivity contribution >= 4 is 23.5 Å². The highest BCUT2D eigenvalue weighted by Crippen LogP contribution is 2.42. The number of amides is 1. The van der Waals surface area contributed by atoms with Gasteiger partial charge >= 0.3 is 0 Å². The molecule has 160 valence electrons. The molecule has 3 N–H and O–H groups in total. The summed E-state index contributed by atoms with van der Waals surface area (Å²) >= 11 is 0. The van der Waals surface area contributed by atoms with Crippen LogP contribution in [0.3, 0.4) is 0 Å². The summed E-state index contributed by atoms with van der Waals surface area (Å²) in [6.45, 7) is 1.86. The Balaban J connectivity index is 1.57. The molecule has 3 aromatic rings. The maximum atomic E-state index is 12.7. The lowest BCUT2D eigenvalue weighted by Gasteiger charge is -2.34. The van der Waals surface area contributed by atoms with E-state index in [1.165, 1.54) is 6.33 Å². The van der Waals surface area contributed by atoms with Crippen LogP contribution in [0.5, 0.6) is 0 Å². The summed E-state index contributed by atoms with van der Waals surface area (Å²) in [6, 6.07) is 3.33. The highest BCUT2D eigenvalue weighted by Gasteiger charge is 2.47. The Kier molecular flexibility index (Phi) is 4.45. The highest BCUT2D eigenvalue weighted by molar-refractivity contribution is 6.00. The number of rotatable bonds is 3. The second-order valence-electron chi connectivity index (χ2n) is 8.06. The minimum Gasteiger partial charge on any atom is -0.427 e. The van der Waals surface area contributed by atoms with Gasteiger partial charge in [-0.25, -0.2) is 19.9 Å². The number of nitrogens with one attached hydrogen (secondary N) is 2. The minimum absolute atomic E-state index is 0.139. The van der Waals surface area contributed by atoms with Crippen LogP contribution in [0.25, 0.3) is 0 Å². The van der Waals surface area contributed by atoms with Crippen molar-refractivity contribution in [3.05, 3.63) is 47.1 Å². The third-order valence-electron chi connectivity index (χ3n) is 5.87. The molecule has 11 nitrogen and oxygen atoms in total. The molecule has 3 aromatic heterocycles. The summed E-state index contributed by atoms with van der Waals surface area (Å²) in [5, 5.41) is 21.4. The number of hydrogen-bond donors (Lipinski definition) is 3. The molecule has 11 heteroatoms. The fourth-order valence-corrected chi connectivity index (χ4v) is 4.50. The monoisotopic (exact) mass is 421 g/mol. The zero-order valence-electron chi connectivity index (χ0n) is 17.3. The van der Waals surface area contributed by atoms with Gasteiger partial charge in [0.2, 0.25) is 5.95 Å². The quantitative estimate of drug-likeness (QED) is 0.549. The smallest absolute Gasteiger partial charge is 0.254 e. The van der Waals surface area contributed by atoms with E-state index in [1.807, 2.05) is 6.92 Å². The van der Waals surface area contributed by atoms with Gasteiger partial charge in [0.15, 0.2) is 11.3 Å². The summed E-state index contributed by atoms with van der Waals surface area (Å²) in [6.07, 6.45) is 7.68. The first kappa shape index (κ1) is 19.2. The van der Waals surface area contributed by atoms with Gasteiger partial charge in [0.05, 0.1) is 16.8 Å². The number of anilines is 2. The Labute approximate surface area is 177 Å². The number of aromatic nitrogens is 6. The van der Waals surface area contributed by atoms with Gasteiger partial charge in [0.25, 0.3) is 5.91 Å². The van der Waals surface area contributed by atoms with Gasteiger partial charge in [-0.3, -0.25) is 9.48 Å².